The van der Waals surface area contributed by atoms with Crippen LogP contribution in [0.15, 0.2) is 15.9 Å². The number of hydrogen-bond acceptors (Lipinski definition) is 4. The molecule has 2 rings (SSSR count). The highest BCUT2D eigenvalue weighted by atomic mass is 79.9. The van der Waals surface area contributed by atoms with Crippen LogP contribution in [0.2, 0.25) is 0 Å². The van der Waals surface area contributed by atoms with Gasteiger partial charge in [0.05, 0.1) is 9.89 Å². The van der Waals surface area contributed by atoms with Crippen molar-refractivity contribution >= 4 is 27.3 Å². The molecule has 1 fully saturated rings. The van der Waals surface area contributed by atoms with E-state index in [-0.39, 0.29) is 0 Å². The van der Waals surface area contributed by atoms with Crippen LogP contribution in [-0.2, 0) is 11.3 Å². The Balaban J connectivity index is 1.65. The molecule has 0 bridgehead atoms. The summed E-state index contributed by atoms with van der Waals surface area (Å²) in [6.07, 6.45) is 1.50. The van der Waals surface area contributed by atoms with Gasteiger partial charge >= 0.3 is 0 Å². The first-order valence-corrected chi connectivity index (χ1v) is 7.10. The van der Waals surface area contributed by atoms with Gasteiger partial charge in [-0.2, -0.15) is 0 Å². The average molecular weight is 305 g/mol. The number of thiophene rings is 1. The van der Waals surface area contributed by atoms with Crippen LogP contribution < -0.4 is 10.6 Å². The highest BCUT2D eigenvalue weighted by Crippen LogP contribution is 2.21. The molecule has 0 radical (unpaired) electrons. The molecule has 1 aliphatic rings. The molecule has 0 amide bonds. The Morgan fingerprint density at radius 1 is 1.62 bits per heavy atom. The summed E-state index contributed by atoms with van der Waals surface area (Å²) in [7, 11) is 1.78. The Kier molecular flexibility index (Phi) is 4.79. The van der Waals surface area contributed by atoms with Gasteiger partial charge in [0.1, 0.15) is 0 Å². The summed E-state index contributed by atoms with van der Waals surface area (Å²) in [6.45, 7) is 2.94. The molecule has 0 saturated carbocycles. The Morgan fingerprint density at radius 2 is 2.50 bits per heavy atom. The van der Waals surface area contributed by atoms with Crippen LogP contribution in [0.25, 0.3) is 0 Å². The quantitative estimate of drug-likeness (QED) is 0.873. The first kappa shape index (κ1) is 12.5. The molecule has 3 nitrogen and oxygen atoms in total. The lowest BCUT2D eigenvalue weighted by Gasteiger charge is -2.10. The fourth-order valence-electron chi connectivity index (χ4n) is 1.93. The molecule has 0 spiro atoms. The molecule has 1 saturated heterocycles. The number of hydrogen-bond donors (Lipinski definition) is 2. The van der Waals surface area contributed by atoms with Gasteiger partial charge < -0.3 is 15.4 Å². The van der Waals surface area contributed by atoms with Crippen molar-refractivity contribution in [2.24, 2.45) is 0 Å². The maximum atomic E-state index is 5.31. The Hall–Kier alpha value is 0.0600. The number of nitrogens with one attached hydrogen (secondary N) is 2. The van der Waals surface area contributed by atoms with Crippen molar-refractivity contribution in [2.45, 2.75) is 25.1 Å². The zero-order valence-corrected chi connectivity index (χ0v) is 11.7. The number of rotatable bonds is 5. The van der Waals surface area contributed by atoms with Crippen LogP contribution in [0.3, 0.4) is 0 Å². The van der Waals surface area contributed by atoms with Gasteiger partial charge in [0, 0.05) is 37.7 Å². The summed E-state index contributed by atoms with van der Waals surface area (Å²) < 4.78 is 6.51. The van der Waals surface area contributed by atoms with Crippen LogP contribution in [0.1, 0.15) is 11.3 Å². The summed E-state index contributed by atoms with van der Waals surface area (Å²) in [5.41, 5.74) is 0. The molecule has 2 N–H and O–H groups in total. The lowest BCUT2D eigenvalue weighted by Crippen LogP contribution is -2.33. The molecular formula is C11H17BrN2OS. The SMILES string of the molecule is COC1CNC(CNCc2ccc(Br)s2)C1. The molecule has 1 aliphatic heterocycles. The zero-order valence-electron chi connectivity index (χ0n) is 9.33. The summed E-state index contributed by atoms with van der Waals surface area (Å²) in [5, 5.41) is 6.93. The van der Waals surface area contributed by atoms with E-state index >= 15 is 0 Å². The lowest BCUT2D eigenvalue weighted by atomic mass is 10.2. The van der Waals surface area contributed by atoms with E-state index < -0.39 is 0 Å². The molecule has 2 atom stereocenters. The minimum Gasteiger partial charge on any atom is -0.380 e. The fourth-order valence-corrected chi connectivity index (χ4v) is 3.39. The standard InChI is InChI=1S/C11H17BrN2OS/c1-15-9-4-8(14-6-9)5-13-7-10-2-3-11(12)16-10/h2-3,8-9,13-14H,4-7H2,1H3. The van der Waals surface area contributed by atoms with E-state index in [9.17, 15) is 0 Å². The van der Waals surface area contributed by atoms with Crippen molar-refractivity contribution in [3.8, 4) is 0 Å². The number of methoxy groups -OCH3 is 1. The second-order valence-corrected chi connectivity index (χ2v) is 6.58. The van der Waals surface area contributed by atoms with E-state index in [0.717, 1.165) is 26.1 Å². The monoisotopic (exact) mass is 304 g/mol. The zero-order chi connectivity index (χ0) is 11.4. The largest absolute Gasteiger partial charge is 0.380 e. The topological polar surface area (TPSA) is 33.3 Å². The molecule has 2 heterocycles. The third kappa shape index (κ3) is 3.53. The Bertz CT molecular complexity index is 332. The van der Waals surface area contributed by atoms with Gasteiger partial charge in [-0.15, -0.1) is 11.3 Å². The molecule has 0 aliphatic carbocycles. The highest BCUT2D eigenvalue weighted by molar-refractivity contribution is 9.11. The normalized spacial score (nSPS) is 25.1. The van der Waals surface area contributed by atoms with Crippen molar-refractivity contribution in [1.29, 1.82) is 0 Å². The second-order valence-electron chi connectivity index (χ2n) is 4.04. The van der Waals surface area contributed by atoms with Gasteiger partial charge in [0.15, 0.2) is 0 Å². The van der Waals surface area contributed by atoms with Gasteiger partial charge in [-0.1, -0.05) is 0 Å². The van der Waals surface area contributed by atoms with Crippen molar-refractivity contribution in [1.82, 2.24) is 10.6 Å². The van der Waals surface area contributed by atoms with Gasteiger partial charge in [0.25, 0.3) is 0 Å². The minimum atomic E-state index is 0.391. The molecule has 1 aromatic heterocycles. The highest BCUT2D eigenvalue weighted by Gasteiger charge is 2.22. The average Bonchev–Trinajstić information content (AvgIpc) is 2.88. The van der Waals surface area contributed by atoms with Gasteiger partial charge in [-0.25, -0.2) is 0 Å². The van der Waals surface area contributed by atoms with Crippen LogP contribution in [0.4, 0.5) is 0 Å². The third-order valence-corrected chi connectivity index (χ3v) is 4.46. The second kappa shape index (κ2) is 6.12. The summed E-state index contributed by atoms with van der Waals surface area (Å²) in [4.78, 5) is 1.37. The van der Waals surface area contributed by atoms with E-state index in [1.807, 2.05) is 0 Å². The van der Waals surface area contributed by atoms with Crippen molar-refractivity contribution < 1.29 is 4.74 Å². The summed E-state index contributed by atoms with van der Waals surface area (Å²) >= 11 is 5.25. The maximum absolute atomic E-state index is 5.31. The van der Waals surface area contributed by atoms with E-state index in [1.165, 1.54) is 8.66 Å². The Labute approximate surface area is 109 Å². The molecule has 90 valence electrons. The first-order valence-electron chi connectivity index (χ1n) is 5.49. The van der Waals surface area contributed by atoms with Crippen LogP contribution in [-0.4, -0.2) is 32.3 Å². The molecule has 16 heavy (non-hydrogen) atoms. The van der Waals surface area contributed by atoms with E-state index in [4.69, 9.17) is 4.74 Å². The van der Waals surface area contributed by atoms with Crippen molar-refractivity contribution in [2.75, 3.05) is 20.2 Å². The summed E-state index contributed by atoms with van der Waals surface area (Å²) in [5.74, 6) is 0. The van der Waals surface area contributed by atoms with Crippen molar-refractivity contribution in [3.05, 3.63) is 20.8 Å². The Morgan fingerprint density at radius 3 is 3.12 bits per heavy atom. The van der Waals surface area contributed by atoms with Gasteiger partial charge in [-0.05, 0) is 34.5 Å². The van der Waals surface area contributed by atoms with E-state index in [0.29, 0.717) is 12.1 Å². The van der Waals surface area contributed by atoms with E-state index in [2.05, 4.69) is 38.7 Å². The smallest absolute Gasteiger partial charge is 0.0711 e. The maximum Gasteiger partial charge on any atom is 0.0711 e. The lowest BCUT2D eigenvalue weighted by molar-refractivity contribution is 0.117. The summed E-state index contributed by atoms with van der Waals surface area (Å²) in [6, 6.07) is 4.80. The fraction of sp³-hybridized carbons (Fsp3) is 0.636. The van der Waals surface area contributed by atoms with Gasteiger partial charge in [0.2, 0.25) is 0 Å². The predicted molar refractivity (Wildman–Crippen MR) is 70.9 cm³/mol. The molecule has 0 aromatic carbocycles. The van der Waals surface area contributed by atoms with Crippen molar-refractivity contribution in [3.63, 3.8) is 0 Å². The predicted octanol–water partition coefficient (Wildman–Crippen LogP) is 1.98. The minimum absolute atomic E-state index is 0.391. The van der Waals surface area contributed by atoms with Crippen LogP contribution >= 0.6 is 27.3 Å². The molecule has 1 aromatic rings. The van der Waals surface area contributed by atoms with Crippen LogP contribution in [0.5, 0.6) is 0 Å². The number of ether oxygens (including phenoxy) is 1. The van der Waals surface area contributed by atoms with Gasteiger partial charge in [-0.3, -0.25) is 0 Å². The first-order chi connectivity index (χ1) is 7.78. The molecule has 5 heteroatoms. The third-order valence-electron chi connectivity index (χ3n) is 2.83. The van der Waals surface area contributed by atoms with Crippen LogP contribution in [0, 0.1) is 0 Å². The molecule has 2 unspecified atom stereocenters. The molecular weight excluding hydrogens is 288 g/mol. The van der Waals surface area contributed by atoms with E-state index in [1.54, 1.807) is 18.4 Å². The number of halogens is 1.